The molecule has 0 aromatic heterocycles. The van der Waals surface area contributed by atoms with Crippen molar-refractivity contribution in [1.29, 1.82) is 0 Å². The van der Waals surface area contributed by atoms with Gasteiger partial charge >= 0.3 is 5.97 Å². The Labute approximate surface area is 117 Å². The van der Waals surface area contributed by atoms with Crippen molar-refractivity contribution in [3.8, 4) is 11.1 Å². The Kier molecular flexibility index (Phi) is 4.07. The normalized spacial score (nSPS) is 10.2. The summed E-state index contributed by atoms with van der Waals surface area (Å²) in [7, 11) is 1.38. The molecule has 2 aromatic carbocycles. The zero-order chi connectivity index (χ0) is 13.8. The molecular weight excluding hydrogens is 262 g/mol. The lowest BCUT2D eigenvalue weighted by Crippen LogP contribution is -2.04. The van der Waals surface area contributed by atoms with Crippen LogP contribution in [0.25, 0.3) is 11.1 Å². The van der Waals surface area contributed by atoms with Gasteiger partial charge in [0, 0.05) is 11.3 Å². The van der Waals surface area contributed by atoms with E-state index in [1.54, 1.807) is 6.07 Å². The number of hydrogen-bond acceptors (Lipinski definition) is 3. The molecule has 0 aliphatic rings. The molecule has 0 fully saturated rings. The molecule has 0 amide bonds. The maximum Gasteiger partial charge on any atom is 0.309 e. The van der Waals surface area contributed by atoms with Gasteiger partial charge in [-0.2, -0.15) is 0 Å². The Morgan fingerprint density at radius 2 is 1.89 bits per heavy atom. The number of carbonyl (C=O) groups excluding carboxylic acids is 1. The van der Waals surface area contributed by atoms with E-state index in [-0.39, 0.29) is 12.4 Å². The fourth-order valence-corrected chi connectivity index (χ4v) is 2.10. The van der Waals surface area contributed by atoms with E-state index in [1.807, 2.05) is 36.4 Å². The SMILES string of the molecule is COC(=O)Cc1ccc(-c2ccc(N)cc2Cl)cc1. The van der Waals surface area contributed by atoms with E-state index in [1.165, 1.54) is 7.11 Å². The second-order valence-electron chi connectivity index (χ2n) is 4.19. The Bertz CT molecular complexity index is 594. The smallest absolute Gasteiger partial charge is 0.309 e. The number of carbonyl (C=O) groups is 1. The molecule has 0 bridgehead atoms. The Morgan fingerprint density at radius 1 is 1.21 bits per heavy atom. The van der Waals surface area contributed by atoms with Crippen LogP contribution in [-0.4, -0.2) is 13.1 Å². The summed E-state index contributed by atoms with van der Waals surface area (Å²) in [6, 6.07) is 13.0. The molecule has 2 aromatic rings. The van der Waals surface area contributed by atoms with E-state index in [0.29, 0.717) is 10.7 Å². The third kappa shape index (κ3) is 3.26. The first-order chi connectivity index (χ1) is 9.10. The van der Waals surface area contributed by atoms with Crippen molar-refractivity contribution in [2.45, 2.75) is 6.42 Å². The minimum Gasteiger partial charge on any atom is -0.469 e. The monoisotopic (exact) mass is 275 g/mol. The number of halogens is 1. The topological polar surface area (TPSA) is 52.3 Å². The highest BCUT2D eigenvalue weighted by Crippen LogP contribution is 2.29. The Hall–Kier alpha value is -2.00. The second kappa shape index (κ2) is 5.76. The van der Waals surface area contributed by atoms with Crippen LogP contribution in [0.1, 0.15) is 5.56 Å². The molecule has 0 spiro atoms. The molecule has 0 saturated heterocycles. The number of rotatable bonds is 3. The van der Waals surface area contributed by atoms with Crippen LogP contribution in [-0.2, 0) is 16.0 Å². The van der Waals surface area contributed by atoms with Crippen LogP contribution in [0.3, 0.4) is 0 Å². The number of nitrogen functional groups attached to an aromatic ring is 1. The van der Waals surface area contributed by atoms with E-state index < -0.39 is 0 Å². The molecule has 0 heterocycles. The maximum absolute atomic E-state index is 11.2. The molecule has 19 heavy (non-hydrogen) atoms. The van der Waals surface area contributed by atoms with Gasteiger partial charge in [-0.25, -0.2) is 0 Å². The van der Waals surface area contributed by atoms with E-state index >= 15 is 0 Å². The van der Waals surface area contributed by atoms with Gasteiger partial charge in [-0.05, 0) is 23.3 Å². The van der Waals surface area contributed by atoms with E-state index in [4.69, 9.17) is 17.3 Å². The van der Waals surface area contributed by atoms with Crippen LogP contribution in [0, 0.1) is 0 Å². The first-order valence-corrected chi connectivity index (χ1v) is 6.19. The number of methoxy groups -OCH3 is 1. The lowest BCUT2D eigenvalue weighted by atomic mass is 10.0. The summed E-state index contributed by atoms with van der Waals surface area (Å²) in [5.41, 5.74) is 9.11. The van der Waals surface area contributed by atoms with Crippen molar-refractivity contribution in [2.75, 3.05) is 12.8 Å². The van der Waals surface area contributed by atoms with E-state index in [9.17, 15) is 4.79 Å². The third-order valence-corrected chi connectivity index (χ3v) is 3.15. The number of anilines is 1. The summed E-state index contributed by atoms with van der Waals surface area (Å²) >= 11 is 6.16. The van der Waals surface area contributed by atoms with Gasteiger partial charge in [0.25, 0.3) is 0 Å². The lowest BCUT2D eigenvalue weighted by Gasteiger charge is -2.07. The van der Waals surface area contributed by atoms with Crippen LogP contribution in [0.2, 0.25) is 5.02 Å². The molecule has 2 rings (SSSR count). The van der Waals surface area contributed by atoms with Crippen LogP contribution < -0.4 is 5.73 Å². The summed E-state index contributed by atoms with van der Waals surface area (Å²) < 4.78 is 4.63. The number of benzene rings is 2. The highest BCUT2D eigenvalue weighted by atomic mass is 35.5. The average molecular weight is 276 g/mol. The van der Waals surface area contributed by atoms with Crippen LogP contribution in [0.5, 0.6) is 0 Å². The first-order valence-electron chi connectivity index (χ1n) is 5.81. The minimum absolute atomic E-state index is 0.252. The molecule has 0 saturated carbocycles. The van der Waals surface area contributed by atoms with Crippen LogP contribution in [0.15, 0.2) is 42.5 Å². The fourth-order valence-electron chi connectivity index (χ4n) is 1.81. The molecule has 4 heteroatoms. The molecule has 0 radical (unpaired) electrons. The summed E-state index contributed by atoms with van der Waals surface area (Å²) in [5.74, 6) is -0.252. The summed E-state index contributed by atoms with van der Waals surface area (Å²) in [5, 5.41) is 0.612. The second-order valence-corrected chi connectivity index (χ2v) is 4.60. The Morgan fingerprint density at radius 3 is 2.47 bits per heavy atom. The van der Waals surface area contributed by atoms with Gasteiger partial charge < -0.3 is 10.5 Å². The molecule has 98 valence electrons. The predicted molar refractivity (Wildman–Crippen MR) is 77.0 cm³/mol. The predicted octanol–water partition coefficient (Wildman–Crippen LogP) is 3.30. The van der Waals surface area contributed by atoms with Gasteiger partial charge in [-0.3, -0.25) is 4.79 Å². The molecular formula is C15H14ClNO2. The lowest BCUT2D eigenvalue weighted by molar-refractivity contribution is -0.139. The molecule has 0 unspecified atom stereocenters. The highest BCUT2D eigenvalue weighted by Gasteiger charge is 2.06. The van der Waals surface area contributed by atoms with E-state index in [0.717, 1.165) is 16.7 Å². The zero-order valence-electron chi connectivity index (χ0n) is 10.5. The van der Waals surface area contributed by atoms with Crippen LogP contribution in [0.4, 0.5) is 5.69 Å². The molecule has 2 N–H and O–H groups in total. The third-order valence-electron chi connectivity index (χ3n) is 2.83. The van der Waals surface area contributed by atoms with Gasteiger partial charge in [0.1, 0.15) is 0 Å². The quantitative estimate of drug-likeness (QED) is 0.691. The van der Waals surface area contributed by atoms with Gasteiger partial charge in [0.15, 0.2) is 0 Å². The Balaban J connectivity index is 2.25. The molecule has 0 aliphatic carbocycles. The van der Waals surface area contributed by atoms with Crippen molar-refractivity contribution >= 4 is 23.3 Å². The highest BCUT2D eigenvalue weighted by molar-refractivity contribution is 6.33. The minimum atomic E-state index is -0.252. The number of nitrogens with two attached hydrogens (primary N) is 1. The largest absolute Gasteiger partial charge is 0.469 e. The molecule has 0 atom stereocenters. The van der Waals surface area contributed by atoms with Crippen molar-refractivity contribution in [2.24, 2.45) is 0 Å². The van der Waals surface area contributed by atoms with Crippen molar-refractivity contribution < 1.29 is 9.53 Å². The maximum atomic E-state index is 11.2. The van der Waals surface area contributed by atoms with Gasteiger partial charge in [0.2, 0.25) is 0 Å². The van der Waals surface area contributed by atoms with Crippen molar-refractivity contribution in [3.63, 3.8) is 0 Å². The molecule has 3 nitrogen and oxygen atoms in total. The summed E-state index contributed by atoms with van der Waals surface area (Å²) in [6.45, 7) is 0. The van der Waals surface area contributed by atoms with Crippen molar-refractivity contribution in [1.82, 2.24) is 0 Å². The van der Waals surface area contributed by atoms with Gasteiger partial charge in [-0.1, -0.05) is 41.9 Å². The van der Waals surface area contributed by atoms with Gasteiger partial charge in [-0.15, -0.1) is 0 Å². The van der Waals surface area contributed by atoms with Crippen molar-refractivity contribution in [3.05, 3.63) is 53.1 Å². The standard InChI is InChI=1S/C15H14ClNO2/c1-19-15(18)8-10-2-4-11(5-3-10)13-7-6-12(17)9-14(13)16/h2-7,9H,8,17H2,1H3. The zero-order valence-corrected chi connectivity index (χ0v) is 11.3. The van der Waals surface area contributed by atoms with E-state index in [2.05, 4.69) is 4.74 Å². The molecule has 0 aliphatic heterocycles. The summed E-state index contributed by atoms with van der Waals surface area (Å²) in [6.07, 6.45) is 0.270. The number of esters is 1. The first kappa shape index (κ1) is 13.4. The summed E-state index contributed by atoms with van der Waals surface area (Å²) in [4.78, 5) is 11.2. The average Bonchev–Trinajstić information content (AvgIpc) is 2.40. The number of hydrogen-bond donors (Lipinski definition) is 1. The van der Waals surface area contributed by atoms with Gasteiger partial charge in [0.05, 0.1) is 18.6 Å². The number of ether oxygens (including phenoxy) is 1. The fraction of sp³-hybridized carbons (Fsp3) is 0.133. The van der Waals surface area contributed by atoms with Crippen LogP contribution >= 0.6 is 11.6 Å².